The average molecular weight is 461 g/mol. The van der Waals surface area contributed by atoms with E-state index in [9.17, 15) is 26.4 Å². The van der Waals surface area contributed by atoms with E-state index in [1.807, 2.05) is 0 Å². The van der Waals surface area contributed by atoms with E-state index >= 15 is 0 Å². The third-order valence-corrected chi connectivity index (χ3v) is 6.25. The van der Waals surface area contributed by atoms with Gasteiger partial charge in [0, 0.05) is 10.7 Å². The van der Waals surface area contributed by atoms with Crippen LogP contribution in [0.25, 0.3) is 0 Å². The number of carbonyl (C=O) groups excluding carboxylic acids is 1. The minimum Gasteiger partial charge on any atom is -0.321 e. The van der Waals surface area contributed by atoms with Gasteiger partial charge in [0.2, 0.25) is 0 Å². The first kappa shape index (κ1) is 21.2. The highest BCUT2D eigenvalue weighted by atomic mass is 35.5. The quantitative estimate of drug-likeness (QED) is 0.530. The lowest BCUT2D eigenvalue weighted by molar-refractivity contribution is -0.139. The van der Waals surface area contributed by atoms with E-state index in [-0.39, 0.29) is 10.6 Å². The number of alkyl halides is 3. The summed E-state index contributed by atoms with van der Waals surface area (Å²) in [4.78, 5) is 11.6. The van der Waals surface area contributed by atoms with Crippen molar-refractivity contribution in [1.82, 2.24) is 0 Å². The zero-order valence-corrected chi connectivity index (χ0v) is 16.7. The van der Waals surface area contributed by atoms with Crippen molar-refractivity contribution in [2.24, 2.45) is 0 Å². The summed E-state index contributed by atoms with van der Waals surface area (Å²) in [5, 5.41) is 4.39. The molecule has 0 fully saturated rings. The van der Waals surface area contributed by atoms with Crippen LogP contribution in [0.1, 0.15) is 15.2 Å². The van der Waals surface area contributed by atoms with E-state index in [0.29, 0.717) is 16.8 Å². The van der Waals surface area contributed by atoms with Gasteiger partial charge in [-0.3, -0.25) is 9.52 Å². The van der Waals surface area contributed by atoms with Gasteiger partial charge in [-0.2, -0.15) is 13.2 Å². The Bertz CT molecular complexity index is 1160. The number of carbonyl (C=O) groups is 1. The third-order valence-electron chi connectivity index (χ3n) is 3.68. The summed E-state index contributed by atoms with van der Waals surface area (Å²) in [5.41, 5.74) is -1.05. The van der Waals surface area contributed by atoms with Crippen LogP contribution in [0, 0.1) is 0 Å². The molecule has 0 aliphatic heterocycles. The smallest absolute Gasteiger partial charge is 0.321 e. The van der Waals surface area contributed by atoms with Crippen LogP contribution in [0.15, 0.2) is 64.9 Å². The SMILES string of the molecule is O=C(Nc1cccc(Cl)c1)c1sccc1NS(=O)(=O)c1ccccc1C(F)(F)F. The predicted octanol–water partition coefficient (Wildman–Crippen LogP) is 5.47. The summed E-state index contributed by atoms with van der Waals surface area (Å²) >= 11 is 6.79. The Balaban J connectivity index is 1.89. The molecule has 0 bridgehead atoms. The summed E-state index contributed by atoms with van der Waals surface area (Å²) in [6.45, 7) is 0. The second-order valence-corrected chi connectivity index (χ2v) is 8.73. The number of hydrogen-bond acceptors (Lipinski definition) is 4. The minimum atomic E-state index is -4.85. The normalized spacial score (nSPS) is 11.9. The van der Waals surface area contributed by atoms with Crippen molar-refractivity contribution in [3.05, 3.63) is 75.4 Å². The van der Waals surface area contributed by atoms with Crippen LogP contribution in [0.4, 0.5) is 24.5 Å². The molecule has 1 amide bonds. The molecule has 0 unspecified atom stereocenters. The fraction of sp³-hybridized carbons (Fsp3) is 0.0556. The average Bonchev–Trinajstić information content (AvgIpc) is 3.08. The fourth-order valence-corrected chi connectivity index (χ4v) is 4.75. The molecule has 2 aromatic carbocycles. The van der Waals surface area contributed by atoms with Crippen molar-refractivity contribution in [3.63, 3.8) is 0 Å². The van der Waals surface area contributed by atoms with Gasteiger partial charge < -0.3 is 5.32 Å². The molecule has 0 atom stereocenters. The molecule has 152 valence electrons. The van der Waals surface area contributed by atoms with Gasteiger partial charge in [-0.15, -0.1) is 11.3 Å². The Morgan fingerprint density at radius 3 is 2.45 bits per heavy atom. The molecule has 0 aliphatic carbocycles. The van der Waals surface area contributed by atoms with Crippen molar-refractivity contribution in [2.45, 2.75) is 11.1 Å². The van der Waals surface area contributed by atoms with Gasteiger partial charge in [0.1, 0.15) is 4.88 Å². The van der Waals surface area contributed by atoms with E-state index in [1.54, 1.807) is 18.2 Å². The lowest BCUT2D eigenvalue weighted by Crippen LogP contribution is -2.20. The number of sulfonamides is 1. The highest BCUT2D eigenvalue weighted by Gasteiger charge is 2.37. The third kappa shape index (κ3) is 4.89. The number of hydrogen-bond donors (Lipinski definition) is 2. The zero-order chi connectivity index (χ0) is 21.2. The van der Waals surface area contributed by atoms with Gasteiger partial charge >= 0.3 is 6.18 Å². The van der Waals surface area contributed by atoms with Crippen LogP contribution in [0.2, 0.25) is 5.02 Å². The number of anilines is 2. The van der Waals surface area contributed by atoms with Gasteiger partial charge in [0.25, 0.3) is 15.9 Å². The topological polar surface area (TPSA) is 75.3 Å². The Kier molecular flexibility index (Phi) is 5.87. The Morgan fingerprint density at radius 2 is 1.76 bits per heavy atom. The number of benzene rings is 2. The van der Waals surface area contributed by atoms with Crippen LogP contribution >= 0.6 is 22.9 Å². The number of nitrogens with one attached hydrogen (secondary N) is 2. The second kappa shape index (κ2) is 8.05. The summed E-state index contributed by atoms with van der Waals surface area (Å²) in [7, 11) is -4.60. The lowest BCUT2D eigenvalue weighted by Gasteiger charge is -2.14. The van der Waals surface area contributed by atoms with Gasteiger partial charge in [-0.1, -0.05) is 29.8 Å². The molecule has 0 radical (unpaired) electrons. The van der Waals surface area contributed by atoms with Crippen molar-refractivity contribution < 1.29 is 26.4 Å². The minimum absolute atomic E-state index is 0.0157. The van der Waals surface area contributed by atoms with Crippen LogP contribution in [0.3, 0.4) is 0 Å². The molecule has 0 aliphatic rings. The first-order valence-electron chi connectivity index (χ1n) is 7.91. The molecule has 0 saturated carbocycles. The Morgan fingerprint density at radius 1 is 1.03 bits per heavy atom. The predicted molar refractivity (Wildman–Crippen MR) is 106 cm³/mol. The Labute approximate surface area is 173 Å². The van der Waals surface area contributed by atoms with Crippen LogP contribution in [-0.4, -0.2) is 14.3 Å². The fourth-order valence-electron chi connectivity index (χ4n) is 2.45. The van der Waals surface area contributed by atoms with Crippen molar-refractivity contribution >= 4 is 50.2 Å². The first-order valence-corrected chi connectivity index (χ1v) is 10.7. The van der Waals surface area contributed by atoms with E-state index in [4.69, 9.17) is 11.6 Å². The summed E-state index contributed by atoms with van der Waals surface area (Å²) in [6.07, 6.45) is -4.85. The standard InChI is InChI=1S/C18H12ClF3N2O3S2/c19-11-4-3-5-12(10-11)23-17(25)16-14(8-9-28-16)24-29(26,27)15-7-2-1-6-13(15)18(20,21)22/h1-10,24H,(H,23,25). The maximum Gasteiger partial charge on any atom is 0.417 e. The van der Waals surface area contributed by atoms with Crippen LogP contribution in [-0.2, 0) is 16.2 Å². The van der Waals surface area contributed by atoms with Gasteiger partial charge in [0.05, 0.1) is 16.1 Å². The molecule has 1 aromatic heterocycles. The van der Waals surface area contributed by atoms with E-state index in [1.165, 1.54) is 23.6 Å². The van der Waals surface area contributed by atoms with Gasteiger partial charge in [-0.25, -0.2) is 8.42 Å². The lowest BCUT2D eigenvalue weighted by atomic mass is 10.2. The molecule has 0 spiro atoms. The number of rotatable bonds is 5. The zero-order valence-electron chi connectivity index (χ0n) is 14.3. The summed E-state index contributed by atoms with van der Waals surface area (Å²) < 4.78 is 66.8. The molecule has 0 saturated heterocycles. The molecule has 3 rings (SSSR count). The molecule has 2 N–H and O–H groups in total. The maximum atomic E-state index is 13.2. The van der Waals surface area contributed by atoms with Crippen LogP contribution in [0.5, 0.6) is 0 Å². The highest BCUT2D eigenvalue weighted by Crippen LogP contribution is 2.35. The largest absolute Gasteiger partial charge is 0.417 e. The van der Waals surface area contributed by atoms with Crippen molar-refractivity contribution in [1.29, 1.82) is 0 Å². The van der Waals surface area contributed by atoms with Crippen molar-refractivity contribution in [3.8, 4) is 0 Å². The first-order chi connectivity index (χ1) is 13.6. The summed E-state index contributed by atoms with van der Waals surface area (Å²) in [6, 6.07) is 11.4. The number of halogens is 4. The second-order valence-electron chi connectivity index (χ2n) is 5.73. The molecular weight excluding hydrogens is 449 g/mol. The monoisotopic (exact) mass is 460 g/mol. The highest BCUT2D eigenvalue weighted by molar-refractivity contribution is 7.92. The van der Waals surface area contributed by atoms with Crippen molar-refractivity contribution in [2.75, 3.05) is 10.0 Å². The van der Waals surface area contributed by atoms with Crippen LogP contribution < -0.4 is 10.0 Å². The maximum absolute atomic E-state index is 13.2. The summed E-state index contributed by atoms with van der Waals surface area (Å²) in [5.74, 6) is -0.635. The molecule has 29 heavy (non-hydrogen) atoms. The number of amides is 1. The molecule has 11 heteroatoms. The Hall–Kier alpha value is -2.56. The molecule has 5 nitrogen and oxygen atoms in total. The van der Waals surface area contributed by atoms with E-state index in [2.05, 4.69) is 10.0 Å². The van der Waals surface area contributed by atoms with E-state index in [0.717, 1.165) is 23.5 Å². The number of thiophene rings is 1. The molecular formula is C18H12ClF3N2O3S2. The van der Waals surface area contributed by atoms with Gasteiger partial charge in [-0.05, 0) is 41.8 Å². The molecule has 1 heterocycles. The van der Waals surface area contributed by atoms with Gasteiger partial charge in [0.15, 0.2) is 0 Å². The molecule has 3 aromatic rings. The van der Waals surface area contributed by atoms with E-state index < -0.39 is 32.6 Å².